The predicted molar refractivity (Wildman–Crippen MR) is 77.5 cm³/mol. The van der Waals surface area contributed by atoms with E-state index in [0.29, 0.717) is 19.5 Å². The molecular formula is C13H21BrN2O4. The Balaban J connectivity index is 2.71. The second kappa shape index (κ2) is 7.06. The molecule has 0 aromatic rings. The van der Waals surface area contributed by atoms with Gasteiger partial charge < -0.3 is 14.9 Å². The molecule has 0 aromatic carbocycles. The van der Waals surface area contributed by atoms with Crippen LogP contribution in [-0.4, -0.2) is 64.2 Å². The lowest BCUT2D eigenvalue weighted by molar-refractivity contribution is -0.152. The smallest absolute Gasteiger partial charge is 0.326 e. The predicted octanol–water partition coefficient (Wildman–Crippen LogP) is 0.797. The third-order valence-corrected chi connectivity index (χ3v) is 4.13. The minimum atomic E-state index is -0.998. The molecule has 1 saturated heterocycles. The Kier molecular flexibility index (Phi) is 5.98. The molecule has 1 aliphatic heterocycles. The van der Waals surface area contributed by atoms with Crippen molar-refractivity contribution in [1.82, 2.24) is 9.80 Å². The van der Waals surface area contributed by atoms with Gasteiger partial charge in [-0.25, -0.2) is 4.79 Å². The number of hydrogen-bond acceptors (Lipinski definition) is 3. The fourth-order valence-electron chi connectivity index (χ4n) is 2.60. The summed E-state index contributed by atoms with van der Waals surface area (Å²) >= 11 is 3.11. The first-order valence-electron chi connectivity index (χ1n) is 6.62. The van der Waals surface area contributed by atoms with Gasteiger partial charge in [-0.3, -0.25) is 9.59 Å². The van der Waals surface area contributed by atoms with Gasteiger partial charge in [0.05, 0.1) is 11.2 Å². The lowest BCUT2D eigenvalue weighted by Gasteiger charge is -2.29. The second-order valence-electron chi connectivity index (χ2n) is 5.44. The number of carbonyl (C=O) groups excluding carboxylic acids is 2. The van der Waals surface area contributed by atoms with Crippen molar-refractivity contribution in [2.75, 3.05) is 25.5 Å². The maximum atomic E-state index is 12.4. The van der Waals surface area contributed by atoms with Gasteiger partial charge in [0.1, 0.15) is 6.04 Å². The molecule has 0 aliphatic carbocycles. The molecule has 0 saturated carbocycles. The van der Waals surface area contributed by atoms with Gasteiger partial charge in [-0.1, -0.05) is 29.8 Å². The van der Waals surface area contributed by atoms with Crippen LogP contribution in [0.5, 0.6) is 0 Å². The van der Waals surface area contributed by atoms with E-state index in [1.165, 1.54) is 11.9 Å². The summed E-state index contributed by atoms with van der Waals surface area (Å²) < 4.78 is 0. The minimum absolute atomic E-state index is 0.0402. The van der Waals surface area contributed by atoms with Gasteiger partial charge in [-0.05, 0) is 12.3 Å². The maximum absolute atomic E-state index is 12.4. The zero-order valence-electron chi connectivity index (χ0n) is 12.0. The summed E-state index contributed by atoms with van der Waals surface area (Å²) in [6, 6.07) is -0.830. The third kappa shape index (κ3) is 3.71. The average Bonchev–Trinajstić information content (AvgIpc) is 2.85. The molecule has 2 amide bonds. The minimum Gasteiger partial charge on any atom is -0.480 e. The summed E-state index contributed by atoms with van der Waals surface area (Å²) in [5.74, 6) is -1.70. The van der Waals surface area contributed by atoms with Crippen molar-refractivity contribution in [2.24, 2.45) is 11.8 Å². The number of carboxylic acid groups (broad SMARTS) is 1. The standard InChI is InChI=1S/C13H21BrN2O4/c1-8(2)11(13(19)20)15(3)12(18)9-4-5-16(7-9)10(17)6-14/h8-9,11H,4-7H2,1-3H3,(H,19,20)/t9-,11?/m0/s1. The highest BCUT2D eigenvalue weighted by Crippen LogP contribution is 2.21. The van der Waals surface area contributed by atoms with E-state index in [9.17, 15) is 19.5 Å². The number of hydrogen-bond donors (Lipinski definition) is 1. The maximum Gasteiger partial charge on any atom is 0.326 e. The van der Waals surface area contributed by atoms with E-state index < -0.39 is 12.0 Å². The van der Waals surface area contributed by atoms with E-state index >= 15 is 0 Å². The fraction of sp³-hybridized carbons (Fsp3) is 0.769. The number of likely N-dealkylation sites (tertiary alicyclic amines) is 1. The van der Waals surface area contributed by atoms with Gasteiger partial charge in [0.25, 0.3) is 0 Å². The zero-order chi connectivity index (χ0) is 15.4. The molecular weight excluding hydrogens is 328 g/mol. The molecule has 0 bridgehead atoms. The molecule has 1 heterocycles. The number of amides is 2. The zero-order valence-corrected chi connectivity index (χ0v) is 13.6. The Hall–Kier alpha value is -1.11. The fourth-order valence-corrected chi connectivity index (χ4v) is 2.95. The quantitative estimate of drug-likeness (QED) is 0.745. The van der Waals surface area contributed by atoms with Crippen molar-refractivity contribution in [2.45, 2.75) is 26.3 Å². The van der Waals surface area contributed by atoms with Crippen LogP contribution in [0.4, 0.5) is 0 Å². The van der Waals surface area contributed by atoms with Crippen LogP contribution in [0.3, 0.4) is 0 Å². The molecule has 1 unspecified atom stereocenters. The van der Waals surface area contributed by atoms with Crippen LogP contribution < -0.4 is 0 Å². The van der Waals surface area contributed by atoms with Crippen LogP contribution >= 0.6 is 15.9 Å². The van der Waals surface area contributed by atoms with E-state index in [2.05, 4.69) is 15.9 Å². The summed E-state index contributed by atoms with van der Waals surface area (Å²) in [6.45, 7) is 4.47. The van der Waals surface area contributed by atoms with Crippen LogP contribution in [0.2, 0.25) is 0 Å². The van der Waals surface area contributed by atoms with Gasteiger partial charge in [-0.15, -0.1) is 0 Å². The molecule has 2 atom stereocenters. The number of aliphatic carboxylic acids is 1. The first kappa shape index (κ1) is 16.9. The number of carboxylic acids is 1. The van der Waals surface area contributed by atoms with Crippen LogP contribution in [0.15, 0.2) is 0 Å². The van der Waals surface area contributed by atoms with Crippen LogP contribution in [-0.2, 0) is 14.4 Å². The summed E-state index contributed by atoms with van der Waals surface area (Å²) in [5.41, 5.74) is 0. The van der Waals surface area contributed by atoms with Gasteiger partial charge in [0.2, 0.25) is 11.8 Å². The molecule has 0 aromatic heterocycles. The molecule has 1 rings (SSSR count). The first-order valence-corrected chi connectivity index (χ1v) is 7.75. The summed E-state index contributed by atoms with van der Waals surface area (Å²) in [4.78, 5) is 38.1. The Morgan fingerprint density at radius 3 is 2.45 bits per heavy atom. The van der Waals surface area contributed by atoms with Crippen molar-refractivity contribution in [3.63, 3.8) is 0 Å². The Bertz CT molecular complexity index is 400. The average molecular weight is 349 g/mol. The van der Waals surface area contributed by atoms with Crippen molar-refractivity contribution in [3.8, 4) is 0 Å². The van der Waals surface area contributed by atoms with Crippen molar-refractivity contribution in [3.05, 3.63) is 0 Å². The van der Waals surface area contributed by atoms with E-state index in [-0.39, 0.29) is 29.0 Å². The molecule has 1 N–H and O–H groups in total. The largest absolute Gasteiger partial charge is 0.480 e. The summed E-state index contributed by atoms with van der Waals surface area (Å²) in [5, 5.41) is 9.46. The second-order valence-corrected chi connectivity index (χ2v) is 6.00. The molecule has 1 fully saturated rings. The SMILES string of the molecule is CC(C)C(C(=O)O)N(C)C(=O)[C@H]1CCN(C(=O)CBr)C1. The highest BCUT2D eigenvalue weighted by atomic mass is 79.9. The van der Waals surface area contributed by atoms with Crippen molar-refractivity contribution < 1.29 is 19.5 Å². The van der Waals surface area contributed by atoms with Gasteiger partial charge >= 0.3 is 5.97 Å². The molecule has 20 heavy (non-hydrogen) atoms. The van der Waals surface area contributed by atoms with Crippen molar-refractivity contribution >= 4 is 33.7 Å². The van der Waals surface area contributed by atoms with Gasteiger partial charge in [-0.2, -0.15) is 0 Å². The highest BCUT2D eigenvalue weighted by Gasteiger charge is 2.37. The van der Waals surface area contributed by atoms with Gasteiger partial charge in [0.15, 0.2) is 0 Å². The number of alkyl halides is 1. The van der Waals surface area contributed by atoms with E-state index in [1.807, 2.05) is 0 Å². The molecule has 0 spiro atoms. The highest BCUT2D eigenvalue weighted by molar-refractivity contribution is 9.09. The number of halogens is 1. The number of carbonyl (C=O) groups is 3. The van der Waals surface area contributed by atoms with Crippen LogP contribution in [0.25, 0.3) is 0 Å². The Morgan fingerprint density at radius 1 is 1.40 bits per heavy atom. The Morgan fingerprint density at radius 2 is 2.00 bits per heavy atom. The molecule has 6 nitrogen and oxygen atoms in total. The molecule has 1 aliphatic rings. The Labute approximate surface area is 127 Å². The normalized spacial score (nSPS) is 20.1. The van der Waals surface area contributed by atoms with Gasteiger partial charge in [0, 0.05) is 20.1 Å². The van der Waals surface area contributed by atoms with Crippen LogP contribution in [0, 0.1) is 11.8 Å². The number of nitrogens with zero attached hydrogens (tertiary/aromatic N) is 2. The topological polar surface area (TPSA) is 77.9 Å². The summed E-state index contributed by atoms with van der Waals surface area (Å²) in [7, 11) is 1.52. The lowest BCUT2D eigenvalue weighted by atomic mass is 10.0. The number of rotatable bonds is 5. The third-order valence-electron chi connectivity index (χ3n) is 3.65. The molecule has 7 heteroatoms. The van der Waals surface area contributed by atoms with E-state index in [0.717, 1.165) is 0 Å². The number of likely N-dealkylation sites (N-methyl/N-ethyl adjacent to an activating group) is 1. The lowest BCUT2D eigenvalue weighted by Crippen LogP contribution is -2.48. The monoisotopic (exact) mass is 348 g/mol. The van der Waals surface area contributed by atoms with E-state index in [4.69, 9.17) is 0 Å². The van der Waals surface area contributed by atoms with Crippen molar-refractivity contribution in [1.29, 1.82) is 0 Å². The first-order chi connectivity index (χ1) is 9.29. The molecule has 114 valence electrons. The summed E-state index contributed by atoms with van der Waals surface area (Å²) in [6.07, 6.45) is 0.590. The molecule has 0 radical (unpaired) electrons. The van der Waals surface area contributed by atoms with Crippen LogP contribution in [0.1, 0.15) is 20.3 Å². The van der Waals surface area contributed by atoms with E-state index in [1.54, 1.807) is 18.7 Å².